The average molecular weight is 240 g/mol. The minimum Gasteiger partial charge on any atom is -0.370 e. The highest BCUT2D eigenvalue weighted by atomic mass is 19.1. The van der Waals surface area contributed by atoms with Crippen LogP contribution in [0.3, 0.4) is 0 Å². The zero-order chi connectivity index (χ0) is 12.3. The Balaban J connectivity index is 1.99. The zero-order valence-electron chi connectivity index (χ0n) is 10.0. The van der Waals surface area contributed by atoms with Crippen molar-refractivity contribution in [1.29, 1.82) is 0 Å². The number of benzene rings is 1. The Labute approximate surface area is 101 Å². The van der Waals surface area contributed by atoms with Gasteiger partial charge < -0.3 is 10.2 Å². The quantitative estimate of drug-likeness (QED) is 0.870. The third-order valence-corrected chi connectivity index (χ3v) is 3.08. The molecule has 0 aromatic heterocycles. The second-order valence-corrected chi connectivity index (χ2v) is 4.51. The van der Waals surface area contributed by atoms with E-state index in [4.69, 9.17) is 0 Å². The maximum atomic E-state index is 13.1. The van der Waals surface area contributed by atoms with Crippen molar-refractivity contribution in [2.45, 2.75) is 25.8 Å². The van der Waals surface area contributed by atoms with E-state index in [0.29, 0.717) is 11.7 Å². The zero-order valence-corrected chi connectivity index (χ0v) is 10.0. The Morgan fingerprint density at radius 1 is 1.29 bits per heavy atom. The van der Waals surface area contributed by atoms with E-state index >= 15 is 0 Å². The molecule has 2 rings (SSSR count). The summed E-state index contributed by atoms with van der Waals surface area (Å²) in [6.45, 7) is 4.80. The van der Waals surface area contributed by atoms with Crippen LogP contribution in [0.1, 0.15) is 19.8 Å². The van der Waals surface area contributed by atoms with Crippen LogP contribution in [0.15, 0.2) is 18.2 Å². The van der Waals surface area contributed by atoms with E-state index in [1.54, 1.807) is 0 Å². The van der Waals surface area contributed by atoms with E-state index in [1.165, 1.54) is 12.1 Å². The van der Waals surface area contributed by atoms with Crippen molar-refractivity contribution >= 4 is 5.69 Å². The van der Waals surface area contributed by atoms with Crippen molar-refractivity contribution in [2.75, 3.05) is 24.5 Å². The van der Waals surface area contributed by atoms with E-state index in [9.17, 15) is 8.78 Å². The summed E-state index contributed by atoms with van der Waals surface area (Å²) in [6.07, 6.45) is 2.13. The van der Waals surface area contributed by atoms with Crippen LogP contribution in [0.4, 0.5) is 14.5 Å². The average Bonchev–Trinajstić information content (AvgIpc) is 2.73. The molecule has 0 spiro atoms. The van der Waals surface area contributed by atoms with Crippen molar-refractivity contribution in [3.05, 3.63) is 29.8 Å². The first-order valence-electron chi connectivity index (χ1n) is 6.13. The van der Waals surface area contributed by atoms with Crippen molar-refractivity contribution in [3.63, 3.8) is 0 Å². The minimum absolute atomic E-state index is 0.432. The molecule has 0 bridgehead atoms. The van der Waals surface area contributed by atoms with Gasteiger partial charge in [0.25, 0.3) is 0 Å². The fourth-order valence-electron chi connectivity index (χ4n) is 2.23. The fraction of sp³-hybridized carbons (Fsp3) is 0.538. The summed E-state index contributed by atoms with van der Waals surface area (Å²) in [5, 5.41) is 3.43. The smallest absolute Gasteiger partial charge is 0.128 e. The monoisotopic (exact) mass is 240 g/mol. The van der Waals surface area contributed by atoms with Gasteiger partial charge in [-0.1, -0.05) is 6.92 Å². The third-order valence-electron chi connectivity index (χ3n) is 3.08. The lowest BCUT2D eigenvalue weighted by molar-refractivity contribution is 0.548. The summed E-state index contributed by atoms with van der Waals surface area (Å²) in [6, 6.07) is 4.13. The number of nitrogens with zero attached hydrogens (tertiary/aromatic N) is 1. The highest BCUT2D eigenvalue weighted by Crippen LogP contribution is 2.22. The minimum atomic E-state index is -0.509. The van der Waals surface area contributed by atoms with E-state index < -0.39 is 11.6 Å². The van der Waals surface area contributed by atoms with E-state index in [-0.39, 0.29) is 0 Å². The van der Waals surface area contributed by atoms with Gasteiger partial charge in [-0.2, -0.15) is 0 Å². The van der Waals surface area contributed by atoms with Gasteiger partial charge in [0.15, 0.2) is 0 Å². The second kappa shape index (κ2) is 5.45. The van der Waals surface area contributed by atoms with Gasteiger partial charge in [0, 0.05) is 30.9 Å². The largest absolute Gasteiger partial charge is 0.370 e. The molecule has 0 amide bonds. The molecule has 2 nitrogen and oxygen atoms in total. The Bertz CT molecular complexity index is 361. The maximum Gasteiger partial charge on any atom is 0.128 e. The molecule has 94 valence electrons. The summed E-state index contributed by atoms with van der Waals surface area (Å²) in [7, 11) is 0. The number of nitrogens with one attached hydrogen (secondary N) is 1. The summed E-state index contributed by atoms with van der Waals surface area (Å²) in [4.78, 5) is 2.03. The molecule has 1 aliphatic rings. The molecule has 1 aromatic carbocycles. The molecule has 1 fully saturated rings. The highest BCUT2D eigenvalue weighted by Gasteiger charge is 2.22. The van der Waals surface area contributed by atoms with Crippen LogP contribution in [-0.2, 0) is 0 Å². The molecule has 1 saturated heterocycles. The van der Waals surface area contributed by atoms with Gasteiger partial charge in [-0.3, -0.25) is 0 Å². The van der Waals surface area contributed by atoms with Crippen LogP contribution in [0.25, 0.3) is 0 Å². The van der Waals surface area contributed by atoms with Crippen molar-refractivity contribution in [2.24, 2.45) is 0 Å². The molecule has 0 radical (unpaired) electrons. The molecule has 17 heavy (non-hydrogen) atoms. The van der Waals surface area contributed by atoms with E-state index in [2.05, 4.69) is 12.2 Å². The molecule has 1 aliphatic heterocycles. The van der Waals surface area contributed by atoms with E-state index in [0.717, 1.165) is 38.5 Å². The van der Waals surface area contributed by atoms with Crippen LogP contribution in [0.2, 0.25) is 0 Å². The standard InChI is InChI=1S/C13H18F2N2/c1-2-4-16-12-3-5-17(9-12)13-7-10(14)6-11(15)8-13/h6-8,12,16H,2-5,9H2,1H3. The van der Waals surface area contributed by atoms with Crippen LogP contribution >= 0.6 is 0 Å². The first kappa shape index (κ1) is 12.3. The van der Waals surface area contributed by atoms with Crippen LogP contribution < -0.4 is 10.2 Å². The number of anilines is 1. The van der Waals surface area contributed by atoms with Gasteiger partial charge >= 0.3 is 0 Å². The Morgan fingerprint density at radius 2 is 2.00 bits per heavy atom. The Hall–Kier alpha value is -1.16. The molecule has 0 aliphatic carbocycles. The highest BCUT2D eigenvalue weighted by molar-refractivity contribution is 5.48. The summed E-state index contributed by atoms with van der Waals surface area (Å²) >= 11 is 0. The molecule has 1 aromatic rings. The molecule has 1 atom stereocenters. The second-order valence-electron chi connectivity index (χ2n) is 4.51. The number of hydrogen-bond donors (Lipinski definition) is 1. The number of rotatable bonds is 4. The summed E-state index contributed by atoms with van der Waals surface area (Å²) in [5.41, 5.74) is 0.642. The SMILES string of the molecule is CCCNC1CCN(c2cc(F)cc(F)c2)C1. The first-order chi connectivity index (χ1) is 8.19. The normalized spacial score (nSPS) is 19.9. The van der Waals surface area contributed by atoms with Gasteiger partial charge in [0.05, 0.1) is 0 Å². The maximum absolute atomic E-state index is 13.1. The lowest BCUT2D eigenvalue weighted by Gasteiger charge is -2.19. The van der Waals surface area contributed by atoms with Crippen LogP contribution in [0, 0.1) is 11.6 Å². The van der Waals surface area contributed by atoms with Gasteiger partial charge in [-0.25, -0.2) is 8.78 Å². The number of halogens is 2. The molecule has 0 saturated carbocycles. The molecule has 1 heterocycles. The predicted octanol–water partition coefficient (Wildman–Crippen LogP) is 2.54. The number of hydrogen-bond acceptors (Lipinski definition) is 2. The molecular weight excluding hydrogens is 222 g/mol. The third kappa shape index (κ3) is 3.16. The van der Waals surface area contributed by atoms with Gasteiger partial charge in [-0.15, -0.1) is 0 Å². The fourth-order valence-corrected chi connectivity index (χ4v) is 2.23. The summed E-state index contributed by atoms with van der Waals surface area (Å²) < 4.78 is 26.2. The van der Waals surface area contributed by atoms with Crippen molar-refractivity contribution in [1.82, 2.24) is 5.32 Å². The predicted molar refractivity (Wildman–Crippen MR) is 65.3 cm³/mol. The molecule has 1 unspecified atom stereocenters. The molecular formula is C13H18F2N2. The van der Waals surface area contributed by atoms with Crippen LogP contribution in [0.5, 0.6) is 0 Å². The van der Waals surface area contributed by atoms with Crippen molar-refractivity contribution in [3.8, 4) is 0 Å². The lowest BCUT2D eigenvalue weighted by atomic mass is 10.2. The van der Waals surface area contributed by atoms with Gasteiger partial charge in [0.2, 0.25) is 0 Å². The Morgan fingerprint density at radius 3 is 2.65 bits per heavy atom. The molecule has 1 N–H and O–H groups in total. The lowest BCUT2D eigenvalue weighted by Crippen LogP contribution is -2.32. The first-order valence-corrected chi connectivity index (χ1v) is 6.13. The Kier molecular flexibility index (Phi) is 3.94. The van der Waals surface area contributed by atoms with Crippen molar-refractivity contribution < 1.29 is 8.78 Å². The van der Waals surface area contributed by atoms with Gasteiger partial charge in [-0.05, 0) is 31.5 Å². The van der Waals surface area contributed by atoms with E-state index in [1.807, 2.05) is 4.90 Å². The molecule has 4 heteroatoms. The topological polar surface area (TPSA) is 15.3 Å². The van der Waals surface area contributed by atoms with Crippen LogP contribution in [-0.4, -0.2) is 25.7 Å². The summed E-state index contributed by atoms with van der Waals surface area (Å²) in [5.74, 6) is -1.02. The van der Waals surface area contributed by atoms with Gasteiger partial charge in [0.1, 0.15) is 11.6 Å².